The smallest absolute Gasteiger partial charge is 0.269 e. The van der Waals surface area contributed by atoms with Gasteiger partial charge in [-0.05, 0) is 35.7 Å². The van der Waals surface area contributed by atoms with Crippen molar-refractivity contribution in [2.75, 3.05) is 7.11 Å². The quantitative estimate of drug-likeness (QED) is 0.428. The van der Waals surface area contributed by atoms with Gasteiger partial charge >= 0.3 is 0 Å². The summed E-state index contributed by atoms with van der Waals surface area (Å²) in [6.45, 7) is 0. The van der Waals surface area contributed by atoms with Crippen LogP contribution in [0, 0.1) is 10.1 Å². The fourth-order valence-electron chi connectivity index (χ4n) is 1.96. The standard InChI is InChI=1S/C15H13BrClNO3/c1-21-12-6-7-14(16)13(9-12)15(17)8-10-2-4-11(5-3-10)18(19)20/h2-7,9,15H,8H2,1H3. The van der Waals surface area contributed by atoms with E-state index in [2.05, 4.69) is 15.9 Å². The minimum Gasteiger partial charge on any atom is -0.497 e. The van der Waals surface area contributed by atoms with Gasteiger partial charge in [0.05, 0.1) is 17.4 Å². The highest BCUT2D eigenvalue weighted by Gasteiger charge is 2.14. The molecule has 0 fully saturated rings. The van der Waals surface area contributed by atoms with Gasteiger partial charge < -0.3 is 4.74 Å². The maximum absolute atomic E-state index is 10.6. The summed E-state index contributed by atoms with van der Waals surface area (Å²) in [4.78, 5) is 10.2. The highest BCUT2D eigenvalue weighted by Crippen LogP contribution is 2.33. The molecule has 1 unspecified atom stereocenters. The summed E-state index contributed by atoms with van der Waals surface area (Å²) in [5, 5.41) is 10.4. The predicted molar refractivity (Wildman–Crippen MR) is 86.1 cm³/mol. The van der Waals surface area contributed by atoms with Crippen LogP contribution in [0.2, 0.25) is 0 Å². The second kappa shape index (κ2) is 6.91. The summed E-state index contributed by atoms with van der Waals surface area (Å²) in [6.07, 6.45) is 0.575. The molecule has 0 N–H and O–H groups in total. The summed E-state index contributed by atoms with van der Waals surface area (Å²) in [7, 11) is 1.60. The molecule has 0 aliphatic rings. The summed E-state index contributed by atoms with van der Waals surface area (Å²) in [5.74, 6) is 0.738. The monoisotopic (exact) mass is 369 g/mol. The van der Waals surface area contributed by atoms with Crippen LogP contribution < -0.4 is 4.74 Å². The maximum atomic E-state index is 10.6. The van der Waals surface area contributed by atoms with Crippen molar-refractivity contribution in [3.8, 4) is 5.75 Å². The Labute approximate surface area is 136 Å². The molecular formula is C15H13BrClNO3. The first-order valence-corrected chi connectivity index (χ1v) is 7.45. The number of benzene rings is 2. The van der Waals surface area contributed by atoms with E-state index in [1.807, 2.05) is 18.2 Å². The van der Waals surface area contributed by atoms with Crippen LogP contribution >= 0.6 is 27.5 Å². The van der Waals surface area contributed by atoms with E-state index < -0.39 is 4.92 Å². The molecule has 0 saturated carbocycles. The van der Waals surface area contributed by atoms with Crippen molar-refractivity contribution in [2.24, 2.45) is 0 Å². The van der Waals surface area contributed by atoms with Crippen LogP contribution in [-0.2, 0) is 6.42 Å². The Bertz CT molecular complexity index is 646. The van der Waals surface area contributed by atoms with Gasteiger partial charge in [0.25, 0.3) is 5.69 Å². The molecule has 2 aromatic carbocycles. The normalized spacial score (nSPS) is 12.0. The van der Waals surface area contributed by atoms with Crippen molar-refractivity contribution < 1.29 is 9.66 Å². The van der Waals surface area contributed by atoms with Gasteiger partial charge in [0, 0.05) is 16.6 Å². The Morgan fingerprint density at radius 1 is 1.29 bits per heavy atom. The molecule has 0 radical (unpaired) electrons. The molecule has 0 heterocycles. The number of rotatable bonds is 5. The topological polar surface area (TPSA) is 52.4 Å². The average Bonchev–Trinajstić information content (AvgIpc) is 2.48. The van der Waals surface area contributed by atoms with Gasteiger partial charge in [0.1, 0.15) is 5.75 Å². The Hall–Kier alpha value is -1.59. The third kappa shape index (κ3) is 3.95. The van der Waals surface area contributed by atoms with Crippen molar-refractivity contribution >= 4 is 33.2 Å². The van der Waals surface area contributed by atoms with Crippen LogP contribution in [0.25, 0.3) is 0 Å². The zero-order valence-electron chi connectivity index (χ0n) is 11.3. The largest absolute Gasteiger partial charge is 0.497 e. The number of hydrogen-bond donors (Lipinski definition) is 0. The van der Waals surface area contributed by atoms with E-state index >= 15 is 0 Å². The summed E-state index contributed by atoms with van der Waals surface area (Å²) in [5.41, 5.74) is 1.94. The highest BCUT2D eigenvalue weighted by atomic mass is 79.9. The number of halogens is 2. The first-order valence-electron chi connectivity index (χ1n) is 6.22. The zero-order valence-corrected chi connectivity index (χ0v) is 13.6. The molecule has 0 amide bonds. The molecule has 1 atom stereocenters. The van der Waals surface area contributed by atoms with Gasteiger partial charge in [-0.15, -0.1) is 11.6 Å². The first-order chi connectivity index (χ1) is 10.0. The Kier molecular flexibility index (Phi) is 5.20. The van der Waals surface area contributed by atoms with Crippen molar-refractivity contribution in [1.29, 1.82) is 0 Å². The molecule has 110 valence electrons. The lowest BCUT2D eigenvalue weighted by molar-refractivity contribution is -0.384. The summed E-state index contributed by atoms with van der Waals surface area (Å²) in [6, 6.07) is 12.0. The van der Waals surface area contributed by atoms with Crippen LogP contribution in [0.1, 0.15) is 16.5 Å². The van der Waals surface area contributed by atoms with Gasteiger partial charge in [-0.25, -0.2) is 0 Å². The Balaban J connectivity index is 2.17. The summed E-state index contributed by atoms with van der Waals surface area (Å²) < 4.78 is 6.11. The van der Waals surface area contributed by atoms with Crippen LogP contribution in [0.15, 0.2) is 46.9 Å². The van der Waals surface area contributed by atoms with Crippen LogP contribution in [0.3, 0.4) is 0 Å². The number of ether oxygens (including phenoxy) is 1. The minimum absolute atomic E-state index is 0.0763. The molecule has 4 nitrogen and oxygen atoms in total. The predicted octanol–water partition coefficient (Wildman–Crippen LogP) is 4.89. The van der Waals surface area contributed by atoms with Crippen LogP contribution in [-0.4, -0.2) is 12.0 Å². The van der Waals surface area contributed by atoms with Gasteiger partial charge in [-0.2, -0.15) is 0 Å². The number of nitrogens with zero attached hydrogens (tertiary/aromatic N) is 1. The second-order valence-corrected chi connectivity index (χ2v) is 5.86. The molecule has 0 aromatic heterocycles. The summed E-state index contributed by atoms with van der Waals surface area (Å²) >= 11 is 9.93. The van der Waals surface area contributed by atoms with E-state index in [4.69, 9.17) is 16.3 Å². The Morgan fingerprint density at radius 2 is 1.95 bits per heavy atom. The lowest BCUT2D eigenvalue weighted by Gasteiger charge is -2.13. The number of nitro benzene ring substituents is 1. The third-order valence-corrected chi connectivity index (χ3v) is 4.21. The van der Waals surface area contributed by atoms with Gasteiger partial charge in [0.2, 0.25) is 0 Å². The lowest BCUT2D eigenvalue weighted by atomic mass is 10.0. The number of non-ortho nitro benzene ring substituents is 1. The average molecular weight is 371 g/mol. The number of hydrogen-bond acceptors (Lipinski definition) is 3. The fraction of sp³-hybridized carbons (Fsp3) is 0.200. The van der Waals surface area contributed by atoms with E-state index in [0.29, 0.717) is 6.42 Å². The zero-order chi connectivity index (χ0) is 15.4. The van der Waals surface area contributed by atoms with Gasteiger partial charge in [-0.1, -0.05) is 28.1 Å². The Morgan fingerprint density at radius 3 is 2.52 bits per heavy atom. The van der Waals surface area contributed by atoms with E-state index in [9.17, 15) is 10.1 Å². The van der Waals surface area contributed by atoms with Crippen molar-refractivity contribution in [2.45, 2.75) is 11.8 Å². The van der Waals surface area contributed by atoms with E-state index in [1.54, 1.807) is 19.2 Å². The van der Waals surface area contributed by atoms with Crippen LogP contribution in [0.5, 0.6) is 5.75 Å². The number of alkyl halides is 1. The van der Waals surface area contributed by atoms with Gasteiger partial charge in [-0.3, -0.25) is 10.1 Å². The highest BCUT2D eigenvalue weighted by molar-refractivity contribution is 9.10. The molecule has 21 heavy (non-hydrogen) atoms. The second-order valence-electron chi connectivity index (χ2n) is 4.48. The molecular weight excluding hydrogens is 358 g/mol. The molecule has 2 rings (SSSR count). The maximum Gasteiger partial charge on any atom is 0.269 e. The van der Waals surface area contributed by atoms with Crippen molar-refractivity contribution in [1.82, 2.24) is 0 Å². The van der Waals surface area contributed by atoms with Crippen molar-refractivity contribution in [3.63, 3.8) is 0 Å². The molecule has 0 saturated heterocycles. The van der Waals surface area contributed by atoms with E-state index in [0.717, 1.165) is 21.3 Å². The fourth-order valence-corrected chi connectivity index (χ4v) is 2.97. The molecule has 0 aliphatic heterocycles. The first kappa shape index (κ1) is 15.8. The molecule has 0 aliphatic carbocycles. The van der Waals surface area contributed by atoms with E-state index in [1.165, 1.54) is 12.1 Å². The molecule has 6 heteroatoms. The minimum atomic E-state index is -0.416. The number of nitro groups is 1. The molecule has 2 aromatic rings. The number of methoxy groups -OCH3 is 1. The third-order valence-electron chi connectivity index (χ3n) is 3.10. The van der Waals surface area contributed by atoms with Crippen molar-refractivity contribution in [3.05, 3.63) is 68.2 Å². The van der Waals surface area contributed by atoms with E-state index in [-0.39, 0.29) is 11.1 Å². The van der Waals surface area contributed by atoms with Gasteiger partial charge in [0.15, 0.2) is 0 Å². The molecule has 0 spiro atoms. The SMILES string of the molecule is COc1ccc(Br)c(C(Cl)Cc2ccc([N+](=O)[O-])cc2)c1. The lowest BCUT2D eigenvalue weighted by Crippen LogP contribution is -1.98. The van der Waals surface area contributed by atoms with Crippen LogP contribution in [0.4, 0.5) is 5.69 Å². The molecule has 0 bridgehead atoms.